The molecular formula is C28H37N9O3. The maximum Gasteiger partial charge on any atom is 0.270 e. The molecule has 0 unspecified atom stereocenters. The van der Waals surface area contributed by atoms with E-state index in [0.717, 1.165) is 68.3 Å². The van der Waals surface area contributed by atoms with Crippen LogP contribution in [0.1, 0.15) is 80.6 Å². The summed E-state index contributed by atoms with van der Waals surface area (Å²) in [5, 5.41) is 18.3. The van der Waals surface area contributed by atoms with Gasteiger partial charge in [-0.1, -0.05) is 18.9 Å². The van der Waals surface area contributed by atoms with Crippen molar-refractivity contribution in [2.24, 2.45) is 5.73 Å². The molecule has 3 fully saturated rings. The molecule has 6 rings (SSSR count). The van der Waals surface area contributed by atoms with E-state index in [1.807, 2.05) is 6.33 Å². The lowest BCUT2D eigenvalue weighted by molar-refractivity contribution is -0.384. The van der Waals surface area contributed by atoms with Crippen LogP contribution in [0.15, 0.2) is 30.6 Å². The van der Waals surface area contributed by atoms with Gasteiger partial charge in [0.1, 0.15) is 0 Å². The number of piperidine rings is 1. The maximum absolute atomic E-state index is 13.0. The first-order valence-corrected chi connectivity index (χ1v) is 14.5. The minimum Gasteiger partial charge on any atom is -0.365 e. The first kappa shape index (κ1) is 26.4. The van der Waals surface area contributed by atoms with Crippen LogP contribution in [-0.4, -0.2) is 66.5 Å². The van der Waals surface area contributed by atoms with Crippen molar-refractivity contribution in [3.63, 3.8) is 0 Å². The predicted molar refractivity (Wildman–Crippen MR) is 152 cm³/mol. The number of rotatable bonds is 7. The van der Waals surface area contributed by atoms with Crippen molar-refractivity contribution >= 4 is 34.5 Å². The molecule has 1 aromatic carbocycles. The number of hydrogen-bond acceptors (Lipinski definition) is 9. The fourth-order valence-corrected chi connectivity index (χ4v) is 6.33. The van der Waals surface area contributed by atoms with Crippen molar-refractivity contribution < 1.29 is 9.72 Å². The molecule has 2 aliphatic carbocycles. The van der Waals surface area contributed by atoms with E-state index in [4.69, 9.17) is 20.7 Å². The van der Waals surface area contributed by atoms with Gasteiger partial charge in [-0.25, -0.2) is 4.98 Å². The molecule has 1 aliphatic heterocycles. The number of aromatic nitrogens is 4. The lowest BCUT2D eigenvalue weighted by Crippen LogP contribution is -2.42. The van der Waals surface area contributed by atoms with Crippen molar-refractivity contribution in [1.29, 1.82) is 0 Å². The van der Waals surface area contributed by atoms with Crippen LogP contribution in [0.3, 0.4) is 0 Å². The number of carbonyl (C=O) groups is 1. The SMILES string of the molecule is N[C@H]1CC[C@H](Nc2nc(NC3CCN(C(=O)c4cccc([N+](=O)[O-])c4)CC3)c3ncn(C4CCCC4)c3n2)CC1. The van der Waals surface area contributed by atoms with Gasteiger partial charge in [0.2, 0.25) is 5.95 Å². The monoisotopic (exact) mass is 547 g/mol. The summed E-state index contributed by atoms with van der Waals surface area (Å²) in [6.07, 6.45) is 12.1. The topological polar surface area (TPSA) is 157 Å². The molecule has 12 nitrogen and oxygen atoms in total. The molecule has 3 aliphatic rings. The van der Waals surface area contributed by atoms with E-state index in [2.05, 4.69) is 15.2 Å². The summed E-state index contributed by atoms with van der Waals surface area (Å²) in [4.78, 5) is 40.0. The zero-order valence-corrected chi connectivity index (χ0v) is 22.7. The smallest absolute Gasteiger partial charge is 0.270 e. The van der Waals surface area contributed by atoms with E-state index in [-0.39, 0.29) is 23.7 Å². The lowest BCUT2D eigenvalue weighted by Gasteiger charge is -2.33. The summed E-state index contributed by atoms with van der Waals surface area (Å²) in [5.41, 5.74) is 8.02. The Balaban J connectivity index is 1.18. The van der Waals surface area contributed by atoms with Gasteiger partial charge in [0.05, 0.1) is 11.3 Å². The summed E-state index contributed by atoms with van der Waals surface area (Å²) >= 11 is 0. The van der Waals surface area contributed by atoms with Crippen LogP contribution in [0.4, 0.5) is 17.5 Å². The van der Waals surface area contributed by atoms with Gasteiger partial charge in [0.15, 0.2) is 17.0 Å². The highest BCUT2D eigenvalue weighted by Crippen LogP contribution is 2.34. The number of benzene rings is 1. The summed E-state index contributed by atoms with van der Waals surface area (Å²) in [7, 11) is 0. The van der Waals surface area contributed by atoms with Crippen LogP contribution in [0.5, 0.6) is 0 Å². The Labute approximate surface area is 232 Å². The second kappa shape index (κ2) is 11.4. The first-order valence-electron chi connectivity index (χ1n) is 14.5. The van der Waals surface area contributed by atoms with Gasteiger partial charge in [-0.2, -0.15) is 9.97 Å². The second-order valence-corrected chi connectivity index (χ2v) is 11.4. The standard InChI is InChI=1S/C28H37N9O3/c29-19-8-10-20(11-9-19)32-28-33-25(24-26(34-28)36(17-30-24)22-5-1-2-6-22)31-21-12-14-35(15-13-21)27(38)18-4-3-7-23(16-18)37(39)40/h3-4,7,16-17,19-22H,1-2,5-6,8-15,29H2,(H2,31,32,33,34)/t19-,20-. The fourth-order valence-electron chi connectivity index (χ4n) is 6.33. The van der Waals surface area contributed by atoms with Crippen LogP contribution >= 0.6 is 0 Å². The number of nitro benzene ring substituents is 1. The third kappa shape index (κ3) is 5.58. The number of hydrogen-bond donors (Lipinski definition) is 3. The summed E-state index contributed by atoms with van der Waals surface area (Å²) in [6, 6.07) is 7.04. The number of non-ortho nitro benzene ring substituents is 1. The molecule has 0 spiro atoms. The van der Waals surface area contributed by atoms with Crippen molar-refractivity contribution in [3.05, 3.63) is 46.3 Å². The number of nitrogens with zero attached hydrogens (tertiary/aromatic N) is 6. The predicted octanol–water partition coefficient (Wildman–Crippen LogP) is 4.25. The van der Waals surface area contributed by atoms with E-state index < -0.39 is 4.92 Å². The zero-order chi connectivity index (χ0) is 27.6. The summed E-state index contributed by atoms with van der Waals surface area (Å²) in [5.74, 6) is 1.16. The van der Waals surface area contributed by atoms with Gasteiger partial charge < -0.3 is 25.8 Å². The van der Waals surface area contributed by atoms with Crippen molar-refractivity contribution in [1.82, 2.24) is 24.4 Å². The fraction of sp³-hybridized carbons (Fsp3) is 0.571. The minimum absolute atomic E-state index is 0.0762. The van der Waals surface area contributed by atoms with Crippen LogP contribution in [0.2, 0.25) is 0 Å². The highest BCUT2D eigenvalue weighted by molar-refractivity contribution is 5.95. The van der Waals surface area contributed by atoms with Gasteiger partial charge in [0.25, 0.3) is 11.6 Å². The molecule has 0 atom stereocenters. The molecule has 0 bridgehead atoms. The molecule has 1 saturated heterocycles. The molecule has 40 heavy (non-hydrogen) atoms. The Morgan fingerprint density at radius 1 is 0.975 bits per heavy atom. The number of nitro groups is 1. The van der Waals surface area contributed by atoms with E-state index in [0.29, 0.717) is 36.7 Å². The number of imidazole rings is 1. The molecule has 3 heterocycles. The Hall–Kier alpha value is -3.80. The van der Waals surface area contributed by atoms with Gasteiger partial charge >= 0.3 is 0 Å². The van der Waals surface area contributed by atoms with E-state index in [1.54, 1.807) is 17.0 Å². The average Bonchev–Trinajstić information content (AvgIpc) is 3.65. The summed E-state index contributed by atoms with van der Waals surface area (Å²) in [6.45, 7) is 1.11. The average molecular weight is 548 g/mol. The molecule has 0 radical (unpaired) electrons. The van der Waals surface area contributed by atoms with Crippen LogP contribution in [0.25, 0.3) is 11.2 Å². The molecule has 212 valence electrons. The van der Waals surface area contributed by atoms with Crippen LogP contribution in [-0.2, 0) is 0 Å². The Kier molecular flexibility index (Phi) is 7.50. The molecule has 3 aromatic rings. The van der Waals surface area contributed by atoms with E-state index in [9.17, 15) is 14.9 Å². The number of nitrogens with one attached hydrogen (secondary N) is 2. The van der Waals surface area contributed by atoms with E-state index >= 15 is 0 Å². The largest absolute Gasteiger partial charge is 0.365 e. The highest BCUT2D eigenvalue weighted by Gasteiger charge is 2.28. The number of likely N-dealkylation sites (tertiary alicyclic amines) is 1. The lowest BCUT2D eigenvalue weighted by atomic mass is 9.92. The van der Waals surface area contributed by atoms with Crippen molar-refractivity contribution in [3.8, 4) is 0 Å². The number of amides is 1. The molecule has 4 N–H and O–H groups in total. The molecule has 12 heteroatoms. The molecule has 1 amide bonds. The number of fused-ring (bicyclic) bond motifs is 1. The molecular weight excluding hydrogens is 510 g/mol. The molecule has 2 saturated carbocycles. The van der Waals surface area contributed by atoms with Gasteiger partial charge in [-0.05, 0) is 57.4 Å². The van der Waals surface area contributed by atoms with Gasteiger partial charge in [-0.15, -0.1) is 0 Å². The third-order valence-corrected chi connectivity index (χ3v) is 8.67. The quantitative estimate of drug-likeness (QED) is 0.290. The van der Waals surface area contributed by atoms with Gasteiger partial charge in [-0.3, -0.25) is 14.9 Å². The maximum atomic E-state index is 13.0. The number of anilines is 2. The number of nitrogens with two attached hydrogens (primary N) is 1. The summed E-state index contributed by atoms with van der Waals surface area (Å²) < 4.78 is 2.22. The zero-order valence-electron chi connectivity index (χ0n) is 22.7. The highest BCUT2D eigenvalue weighted by atomic mass is 16.6. The third-order valence-electron chi connectivity index (χ3n) is 8.67. The van der Waals surface area contributed by atoms with Crippen molar-refractivity contribution in [2.75, 3.05) is 23.7 Å². The van der Waals surface area contributed by atoms with Crippen LogP contribution < -0.4 is 16.4 Å². The first-order chi connectivity index (χ1) is 19.4. The Bertz CT molecular complexity index is 1370. The van der Waals surface area contributed by atoms with Crippen LogP contribution in [0, 0.1) is 10.1 Å². The van der Waals surface area contributed by atoms with Gasteiger partial charge in [0, 0.05) is 55.0 Å². The number of carbonyl (C=O) groups excluding carboxylic acids is 1. The van der Waals surface area contributed by atoms with Crippen molar-refractivity contribution in [2.45, 2.75) is 88.4 Å². The molecule has 2 aromatic heterocycles. The second-order valence-electron chi connectivity index (χ2n) is 11.4. The Morgan fingerprint density at radius 2 is 1.70 bits per heavy atom. The Morgan fingerprint density at radius 3 is 2.42 bits per heavy atom. The minimum atomic E-state index is -0.476. The van der Waals surface area contributed by atoms with E-state index in [1.165, 1.54) is 25.0 Å². The normalized spacial score (nSPS) is 22.5.